The molecule has 1 aromatic heterocycles. The summed E-state index contributed by atoms with van der Waals surface area (Å²) in [5.74, 6) is 1.73. The predicted octanol–water partition coefficient (Wildman–Crippen LogP) is 1.32. The Kier molecular flexibility index (Phi) is 4.76. The number of nitrogens with zero attached hydrogens (tertiary/aromatic N) is 3. The molecule has 0 aromatic carbocycles. The fraction of sp³-hybridized carbons (Fsp3) is 0.643. The standard InChI is InChI=1S/C14H23N5O/c1-4-15-14-16-9-10(2)13(18-14)19-7-5-12(6-8-19)17-11(3)20/h9,12H,4-8H2,1-3H3,(H,17,20)(H,15,16,18). The Bertz CT molecular complexity index is 469. The van der Waals surface area contributed by atoms with Crippen molar-refractivity contribution in [1.29, 1.82) is 0 Å². The Morgan fingerprint density at radius 2 is 2.15 bits per heavy atom. The number of anilines is 2. The smallest absolute Gasteiger partial charge is 0.224 e. The van der Waals surface area contributed by atoms with E-state index in [9.17, 15) is 4.79 Å². The van der Waals surface area contributed by atoms with E-state index >= 15 is 0 Å². The van der Waals surface area contributed by atoms with Crippen molar-refractivity contribution >= 4 is 17.7 Å². The van der Waals surface area contributed by atoms with Gasteiger partial charge in [0.05, 0.1) is 0 Å². The van der Waals surface area contributed by atoms with Gasteiger partial charge in [-0.25, -0.2) is 4.98 Å². The lowest BCUT2D eigenvalue weighted by Gasteiger charge is -2.33. The first-order chi connectivity index (χ1) is 9.60. The molecule has 110 valence electrons. The van der Waals surface area contributed by atoms with Gasteiger partial charge in [-0.15, -0.1) is 0 Å². The Hall–Kier alpha value is -1.85. The van der Waals surface area contributed by atoms with Crippen molar-refractivity contribution in [3.05, 3.63) is 11.8 Å². The van der Waals surface area contributed by atoms with Gasteiger partial charge in [0.15, 0.2) is 0 Å². The minimum absolute atomic E-state index is 0.0519. The second-order valence-corrected chi connectivity index (χ2v) is 5.19. The van der Waals surface area contributed by atoms with Crippen molar-refractivity contribution < 1.29 is 4.79 Å². The number of rotatable bonds is 4. The van der Waals surface area contributed by atoms with Gasteiger partial charge >= 0.3 is 0 Å². The van der Waals surface area contributed by atoms with Gasteiger partial charge in [0.1, 0.15) is 5.82 Å². The van der Waals surface area contributed by atoms with Gasteiger partial charge in [0, 0.05) is 44.4 Å². The van der Waals surface area contributed by atoms with Crippen LogP contribution in [-0.4, -0.2) is 41.6 Å². The summed E-state index contributed by atoms with van der Waals surface area (Å²) in [6.07, 6.45) is 3.78. The maximum Gasteiger partial charge on any atom is 0.224 e. The zero-order chi connectivity index (χ0) is 14.5. The van der Waals surface area contributed by atoms with E-state index in [2.05, 4.69) is 25.5 Å². The van der Waals surface area contributed by atoms with Gasteiger partial charge in [-0.1, -0.05) is 0 Å². The fourth-order valence-corrected chi connectivity index (χ4v) is 2.52. The number of piperidine rings is 1. The van der Waals surface area contributed by atoms with E-state index in [0.717, 1.165) is 43.9 Å². The Balaban J connectivity index is 2.02. The number of aromatic nitrogens is 2. The lowest BCUT2D eigenvalue weighted by molar-refractivity contribution is -0.119. The molecular formula is C14H23N5O. The summed E-state index contributed by atoms with van der Waals surface area (Å²) in [7, 11) is 0. The van der Waals surface area contributed by atoms with Crippen LogP contribution in [0, 0.1) is 6.92 Å². The summed E-state index contributed by atoms with van der Waals surface area (Å²) < 4.78 is 0. The molecule has 6 heteroatoms. The predicted molar refractivity (Wildman–Crippen MR) is 80.0 cm³/mol. The number of aryl methyl sites for hydroxylation is 1. The highest BCUT2D eigenvalue weighted by Crippen LogP contribution is 2.22. The third-order valence-corrected chi connectivity index (χ3v) is 3.48. The first-order valence-electron chi connectivity index (χ1n) is 7.19. The normalized spacial score (nSPS) is 16.1. The summed E-state index contributed by atoms with van der Waals surface area (Å²) in [5.41, 5.74) is 1.09. The Morgan fingerprint density at radius 3 is 2.75 bits per heavy atom. The van der Waals surface area contributed by atoms with Gasteiger partial charge in [0.25, 0.3) is 0 Å². The van der Waals surface area contributed by atoms with Crippen molar-refractivity contribution in [3.8, 4) is 0 Å². The summed E-state index contributed by atoms with van der Waals surface area (Å²) in [6, 6.07) is 0.291. The molecule has 0 radical (unpaired) electrons. The lowest BCUT2D eigenvalue weighted by Crippen LogP contribution is -2.44. The molecule has 2 heterocycles. The number of hydrogen-bond donors (Lipinski definition) is 2. The summed E-state index contributed by atoms with van der Waals surface area (Å²) >= 11 is 0. The molecule has 0 saturated carbocycles. The van der Waals surface area contributed by atoms with E-state index in [-0.39, 0.29) is 5.91 Å². The summed E-state index contributed by atoms with van der Waals surface area (Å²) in [6.45, 7) is 8.27. The van der Waals surface area contributed by atoms with Crippen LogP contribution in [0.3, 0.4) is 0 Å². The molecule has 6 nitrogen and oxygen atoms in total. The minimum Gasteiger partial charge on any atom is -0.356 e. The van der Waals surface area contributed by atoms with Crippen LogP contribution in [0.25, 0.3) is 0 Å². The van der Waals surface area contributed by atoms with Crippen molar-refractivity contribution in [2.75, 3.05) is 29.9 Å². The second kappa shape index (κ2) is 6.54. The van der Waals surface area contributed by atoms with Crippen molar-refractivity contribution in [3.63, 3.8) is 0 Å². The first-order valence-corrected chi connectivity index (χ1v) is 7.19. The molecule has 1 aliphatic rings. The van der Waals surface area contributed by atoms with Gasteiger partial charge in [-0.3, -0.25) is 4.79 Å². The third kappa shape index (κ3) is 3.59. The first kappa shape index (κ1) is 14.6. The van der Waals surface area contributed by atoms with E-state index in [1.807, 2.05) is 20.0 Å². The van der Waals surface area contributed by atoms with Crippen LogP contribution in [0.2, 0.25) is 0 Å². The molecule has 20 heavy (non-hydrogen) atoms. The van der Waals surface area contributed by atoms with Crippen LogP contribution >= 0.6 is 0 Å². The number of nitrogens with one attached hydrogen (secondary N) is 2. The number of hydrogen-bond acceptors (Lipinski definition) is 5. The highest BCUT2D eigenvalue weighted by Gasteiger charge is 2.22. The zero-order valence-corrected chi connectivity index (χ0v) is 12.4. The molecule has 1 aromatic rings. The molecule has 2 rings (SSSR count). The number of carbonyl (C=O) groups is 1. The topological polar surface area (TPSA) is 70.2 Å². The van der Waals surface area contributed by atoms with Crippen LogP contribution in [0.15, 0.2) is 6.20 Å². The average molecular weight is 277 g/mol. The van der Waals surface area contributed by atoms with Gasteiger partial charge in [0.2, 0.25) is 11.9 Å². The van der Waals surface area contributed by atoms with Crippen LogP contribution in [0.4, 0.5) is 11.8 Å². The molecule has 0 atom stereocenters. The molecule has 1 aliphatic heterocycles. The molecule has 0 bridgehead atoms. The van der Waals surface area contributed by atoms with E-state index in [1.165, 1.54) is 0 Å². The van der Waals surface area contributed by atoms with E-state index in [4.69, 9.17) is 0 Å². The SMILES string of the molecule is CCNc1ncc(C)c(N2CCC(NC(C)=O)CC2)n1. The summed E-state index contributed by atoms with van der Waals surface area (Å²) in [5, 5.41) is 6.13. The minimum atomic E-state index is 0.0519. The molecule has 1 amide bonds. The van der Waals surface area contributed by atoms with Crippen molar-refractivity contribution in [2.45, 2.75) is 39.7 Å². The van der Waals surface area contributed by atoms with Gasteiger partial charge in [-0.2, -0.15) is 4.98 Å². The van der Waals surface area contributed by atoms with Crippen molar-refractivity contribution in [1.82, 2.24) is 15.3 Å². The maximum absolute atomic E-state index is 11.1. The van der Waals surface area contributed by atoms with Gasteiger partial charge < -0.3 is 15.5 Å². The Labute approximate surface area is 120 Å². The highest BCUT2D eigenvalue weighted by atomic mass is 16.1. The molecular weight excluding hydrogens is 254 g/mol. The summed E-state index contributed by atoms with van der Waals surface area (Å²) in [4.78, 5) is 22.2. The fourth-order valence-electron chi connectivity index (χ4n) is 2.52. The lowest BCUT2D eigenvalue weighted by atomic mass is 10.0. The Morgan fingerprint density at radius 1 is 1.45 bits per heavy atom. The van der Waals surface area contributed by atoms with Crippen LogP contribution in [0.5, 0.6) is 0 Å². The average Bonchev–Trinajstić information content (AvgIpc) is 2.42. The van der Waals surface area contributed by atoms with E-state index in [0.29, 0.717) is 12.0 Å². The molecule has 0 unspecified atom stereocenters. The molecule has 1 fully saturated rings. The van der Waals surface area contributed by atoms with Crippen LogP contribution in [0.1, 0.15) is 32.3 Å². The van der Waals surface area contributed by atoms with Crippen molar-refractivity contribution in [2.24, 2.45) is 0 Å². The number of amides is 1. The highest BCUT2D eigenvalue weighted by molar-refractivity contribution is 5.73. The largest absolute Gasteiger partial charge is 0.356 e. The van der Waals surface area contributed by atoms with E-state index in [1.54, 1.807) is 6.92 Å². The maximum atomic E-state index is 11.1. The molecule has 0 aliphatic carbocycles. The van der Waals surface area contributed by atoms with Crippen LogP contribution in [-0.2, 0) is 4.79 Å². The van der Waals surface area contributed by atoms with Crippen LogP contribution < -0.4 is 15.5 Å². The molecule has 0 spiro atoms. The third-order valence-electron chi connectivity index (χ3n) is 3.48. The molecule has 2 N–H and O–H groups in total. The van der Waals surface area contributed by atoms with E-state index < -0.39 is 0 Å². The quantitative estimate of drug-likeness (QED) is 0.868. The number of carbonyl (C=O) groups excluding carboxylic acids is 1. The zero-order valence-electron chi connectivity index (χ0n) is 12.4. The van der Waals surface area contributed by atoms with Gasteiger partial charge in [-0.05, 0) is 26.7 Å². The molecule has 1 saturated heterocycles. The monoisotopic (exact) mass is 277 g/mol. The second-order valence-electron chi connectivity index (χ2n) is 5.19.